The molecule has 0 aromatic heterocycles. The second-order valence-corrected chi connectivity index (χ2v) is 4.63. The minimum absolute atomic E-state index is 0.178. The number of halogens is 1. The number of nitrogens with one attached hydrogen (secondary N) is 1. The van der Waals surface area contributed by atoms with Gasteiger partial charge in [0.1, 0.15) is 11.5 Å². The van der Waals surface area contributed by atoms with Gasteiger partial charge < -0.3 is 20.5 Å². The van der Waals surface area contributed by atoms with Gasteiger partial charge in [-0.3, -0.25) is 4.79 Å². The highest BCUT2D eigenvalue weighted by Gasteiger charge is 2.08. The van der Waals surface area contributed by atoms with Crippen LogP contribution in [0.15, 0.2) is 42.5 Å². The molecular formula is C15H15ClN2O3. The Morgan fingerprint density at radius 1 is 1.29 bits per heavy atom. The first-order valence-electron chi connectivity index (χ1n) is 6.21. The number of nitrogen functional groups attached to an aromatic ring is 1. The molecule has 0 aliphatic rings. The van der Waals surface area contributed by atoms with Gasteiger partial charge >= 0.3 is 0 Å². The van der Waals surface area contributed by atoms with Crippen molar-refractivity contribution >= 4 is 28.9 Å². The van der Waals surface area contributed by atoms with Crippen molar-refractivity contribution < 1.29 is 14.3 Å². The maximum atomic E-state index is 11.8. The molecule has 0 bridgehead atoms. The third-order valence-electron chi connectivity index (χ3n) is 2.73. The lowest BCUT2D eigenvalue weighted by Gasteiger charge is -2.11. The third kappa shape index (κ3) is 4.03. The highest BCUT2D eigenvalue weighted by atomic mass is 35.5. The molecule has 5 nitrogen and oxygen atoms in total. The molecule has 3 N–H and O–H groups in total. The molecule has 0 aliphatic carbocycles. The number of anilines is 2. The Balaban J connectivity index is 1.97. The standard InChI is InChI=1S/C15H15ClN2O3/c1-20-10-6-7-12(17)14(8-10)21-9-15(19)18-13-5-3-2-4-11(13)16/h2-8H,9,17H2,1H3,(H,18,19). The molecule has 1 amide bonds. The number of hydrogen-bond donors (Lipinski definition) is 2. The Morgan fingerprint density at radius 3 is 2.76 bits per heavy atom. The zero-order valence-electron chi connectivity index (χ0n) is 11.4. The summed E-state index contributed by atoms with van der Waals surface area (Å²) in [6.45, 7) is -0.178. The third-order valence-corrected chi connectivity index (χ3v) is 3.06. The Labute approximate surface area is 127 Å². The molecule has 0 aliphatic heterocycles. The summed E-state index contributed by atoms with van der Waals surface area (Å²) in [6, 6.07) is 12.0. The molecule has 21 heavy (non-hydrogen) atoms. The van der Waals surface area contributed by atoms with E-state index >= 15 is 0 Å². The van der Waals surface area contributed by atoms with E-state index < -0.39 is 0 Å². The van der Waals surface area contributed by atoms with Crippen LogP contribution in [0.5, 0.6) is 11.5 Å². The maximum absolute atomic E-state index is 11.8. The Hall–Kier alpha value is -2.40. The largest absolute Gasteiger partial charge is 0.497 e. The van der Waals surface area contributed by atoms with Gasteiger partial charge in [-0.15, -0.1) is 0 Å². The Bertz CT molecular complexity index is 647. The van der Waals surface area contributed by atoms with Crippen LogP contribution < -0.4 is 20.5 Å². The zero-order chi connectivity index (χ0) is 15.2. The van der Waals surface area contributed by atoms with E-state index in [1.165, 1.54) is 0 Å². The fourth-order valence-corrected chi connectivity index (χ4v) is 1.84. The first kappa shape index (κ1) is 15.0. The van der Waals surface area contributed by atoms with Crippen molar-refractivity contribution in [1.29, 1.82) is 0 Å². The van der Waals surface area contributed by atoms with Crippen LogP contribution in [-0.2, 0) is 4.79 Å². The van der Waals surface area contributed by atoms with Crippen molar-refractivity contribution in [3.05, 3.63) is 47.5 Å². The number of amides is 1. The topological polar surface area (TPSA) is 73.6 Å². The Morgan fingerprint density at radius 2 is 2.05 bits per heavy atom. The fourth-order valence-electron chi connectivity index (χ4n) is 1.66. The molecule has 0 heterocycles. The summed E-state index contributed by atoms with van der Waals surface area (Å²) >= 11 is 5.96. The van der Waals surface area contributed by atoms with Crippen molar-refractivity contribution in [2.45, 2.75) is 0 Å². The van der Waals surface area contributed by atoms with Gasteiger partial charge in [-0.2, -0.15) is 0 Å². The highest BCUT2D eigenvalue weighted by Crippen LogP contribution is 2.26. The van der Waals surface area contributed by atoms with E-state index in [1.54, 1.807) is 49.6 Å². The van der Waals surface area contributed by atoms with Gasteiger partial charge in [0.25, 0.3) is 5.91 Å². The normalized spacial score (nSPS) is 10.0. The monoisotopic (exact) mass is 306 g/mol. The average molecular weight is 307 g/mol. The molecule has 0 unspecified atom stereocenters. The molecule has 2 rings (SSSR count). The summed E-state index contributed by atoms with van der Waals surface area (Å²) in [5, 5.41) is 3.13. The van der Waals surface area contributed by atoms with Crippen LogP contribution in [0.4, 0.5) is 11.4 Å². The lowest BCUT2D eigenvalue weighted by molar-refractivity contribution is -0.118. The van der Waals surface area contributed by atoms with Gasteiger partial charge in [0.15, 0.2) is 6.61 Å². The molecule has 0 radical (unpaired) electrons. The van der Waals surface area contributed by atoms with Crippen LogP contribution in [0.25, 0.3) is 0 Å². The smallest absolute Gasteiger partial charge is 0.262 e. The number of nitrogens with two attached hydrogens (primary N) is 1. The zero-order valence-corrected chi connectivity index (χ0v) is 12.2. The molecule has 2 aromatic rings. The first-order valence-corrected chi connectivity index (χ1v) is 6.58. The van der Waals surface area contributed by atoms with Gasteiger partial charge in [-0.25, -0.2) is 0 Å². The van der Waals surface area contributed by atoms with Crippen LogP contribution in [0, 0.1) is 0 Å². The predicted molar refractivity (Wildman–Crippen MR) is 83.0 cm³/mol. The van der Waals surface area contributed by atoms with E-state index in [-0.39, 0.29) is 12.5 Å². The van der Waals surface area contributed by atoms with Crippen LogP contribution in [0.3, 0.4) is 0 Å². The second kappa shape index (κ2) is 6.85. The van der Waals surface area contributed by atoms with Crippen LogP contribution >= 0.6 is 11.6 Å². The SMILES string of the molecule is COc1ccc(N)c(OCC(=O)Nc2ccccc2Cl)c1. The van der Waals surface area contributed by atoms with E-state index in [2.05, 4.69) is 5.32 Å². The van der Waals surface area contributed by atoms with Gasteiger partial charge in [0, 0.05) is 6.07 Å². The van der Waals surface area contributed by atoms with Gasteiger partial charge in [-0.1, -0.05) is 23.7 Å². The number of carbonyl (C=O) groups is 1. The predicted octanol–water partition coefficient (Wildman–Crippen LogP) is 2.95. The number of benzene rings is 2. The first-order chi connectivity index (χ1) is 10.1. The lowest BCUT2D eigenvalue weighted by Crippen LogP contribution is -2.20. The Kier molecular flexibility index (Phi) is 4.90. The van der Waals surface area contributed by atoms with Crippen molar-refractivity contribution in [3.8, 4) is 11.5 Å². The summed E-state index contributed by atoms with van der Waals surface area (Å²) in [4.78, 5) is 11.8. The summed E-state index contributed by atoms with van der Waals surface area (Å²) in [5.74, 6) is 0.666. The van der Waals surface area contributed by atoms with Crippen LogP contribution in [-0.4, -0.2) is 19.6 Å². The fraction of sp³-hybridized carbons (Fsp3) is 0.133. The number of ether oxygens (including phenoxy) is 2. The van der Waals surface area contributed by atoms with Crippen molar-refractivity contribution in [1.82, 2.24) is 0 Å². The highest BCUT2D eigenvalue weighted by molar-refractivity contribution is 6.33. The molecule has 0 spiro atoms. The number of para-hydroxylation sites is 1. The van der Waals surface area contributed by atoms with E-state index in [0.717, 1.165) is 0 Å². The minimum atomic E-state index is -0.328. The molecule has 2 aromatic carbocycles. The van der Waals surface area contributed by atoms with Crippen LogP contribution in [0.1, 0.15) is 0 Å². The summed E-state index contributed by atoms with van der Waals surface area (Å²) in [6.07, 6.45) is 0. The summed E-state index contributed by atoms with van der Waals surface area (Å²) in [5.41, 5.74) is 6.74. The second-order valence-electron chi connectivity index (χ2n) is 4.22. The van der Waals surface area contributed by atoms with Crippen molar-refractivity contribution in [2.75, 3.05) is 24.8 Å². The van der Waals surface area contributed by atoms with Crippen LogP contribution in [0.2, 0.25) is 5.02 Å². The number of hydrogen-bond acceptors (Lipinski definition) is 4. The molecule has 0 atom stereocenters. The molecular weight excluding hydrogens is 292 g/mol. The number of methoxy groups -OCH3 is 1. The van der Waals surface area contributed by atoms with Gasteiger partial charge in [0.05, 0.1) is 23.5 Å². The molecule has 0 saturated heterocycles. The van der Waals surface area contributed by atoms with Crippen molar-refractivity contribution in [3.63, 3.8) is 0 Å². The summed E-state index contributed by atoms with van der Waals surface area (Å²) in [7, 11) is 1.54. The molecule has 0 saturated carbocycles. The molecule has 6 heteroatoms. The van der Waals surface area contributed by atoms with E-state index in [9.17, 15) is 4.79 Å². The summed E-state index contributed by atoms with van der Waals surface area (Å²) < 4.78 is 10.5. The minimum Gasteiger partial charge on any atom is -0.497 e. The number of rotatable bonds is 5. The van der Waals surface area contributed by atoms with Crippen molar-refractivity contribution in [2.24, 2.45) is 0 Å². The van der Waals surface area contributed by atoms with E-state index in [1.807, 2.05) is 0 Å². The quantitative estimate of drug-likeness (QED) is 0.833. The average Bonchev–Trinajstić information content (AvgIpc) is 2.49. The number of carbonyl (C=O) groups excluding carboxylic acids is 1. The van der Waals surface area contributed by atoms with E-state index in [0.29, 0.717) is 27.9 Å². The van der Waals surface area contributed by atoms with E-state index in [4.69, 9.17) is 26.8 Å². The lowest BCUT2D eigenvalue weighted by atomic mass is 10.3. The maximum Gasteiger partial charge on any atom is 0.262 e. The molecule has 0 fully saturated rings. The van der Waals surface area contributed by atoms with Gasteiger partial charge in [0.2, 0.25) is 0 Å². The van der Waals surface area contributed by atoms with Gasteiger partial charge in [-0.05, 0) is 24.3 Å². The molecule has 110 valence electrons.